The maximum absolute atomic E-state index is 11.5. The number of hydrogen-bond donors (Lipinski definition) is 0. The number of benzene rings is 1. The largest absolute Gasteiger partial charge is 0.497 e. The Morgan fingerprint density at radius 1 is 1.14 bits per heavy atom. The van der Waals surface area contributed by atoms with Gasteiger partial charge in [0.15, 0.2) is 0 Å². The summed E-state index contributed by atoms with van der Waals surface area (Å²) >= 11 is 1.38. The van der Waals surface area contributed by atoms with Crippen LogP contribution in [-0.2, 0) is 4.79 Å². The number of amides is 1. The Kier molecular flexibility index (Phi) is 5.16. The van der Waals surface area contributed by atoms with Gasteiger partial charge < -0.3 is 9.64 Å². The van der Waals surface area contributed by atoms with E-state index in [0.717, 1.165) is 22.0 Å². The molecule has 2 rings (SSSR count). The molecule has 0 atom stereocenters. The number of aromatic nitrogens is 2. The number of nitrogens with zero attached hydrogens (tertiary/aromatic N) is 3. The molecule has 1 aromatic heterocycles. The van der Waals surface area contributed by atoms with Crippen molar-refractivity contribution in [3.63, 3.8) is 0 Å². The summed E-state index contributed by atoms with van der Waals surface area (Å²) in [4.78, 5) is 13.1. The fourth-order valence-corrected chi connectivity index (χ4v) is 2.37. The molecule has 6 heteroatoms. The second kappa shape index (κ2) is 7.08. The Balaban J connectivity index is 2.02. The van der Waals surface area contributed by atoms with Crippen molar-refractivity contribution in [2.75, 3.05) is 27.0 Å². The van der Waals surface area contributed by atoms with Gasteiger partial charge >= 0.3 is 0 Å². The van der Waals surface area contributed by atoms with Crippen LogP contribution in [-0.4, -0.2) is 48.0 Å². The van der Waals surface area contributed by atoms with E-state index in [1.807, 2.05) is 36.4 Å². The van der Waals surface area contributed by atoms with Gasteiger partial charge in [-0.2, -0.15) is 0 Å². The number of carbonyl (C=O) groups is 1. The minimum Gasteiger partial charge on any atom is -0.497 e. The molecule has 0 bridgehead atoms. The molecule has 0 spiro atoms. The van der Waals surface area contributed by atoms with Crippen LogP contribution in [0, 0.1) is 0 Å². The van der Waals surface area contributed by atoms with Gasteiger partial charge in [-0.25, -0.2) is 0 Å². The zero-order valence-electron chi connectivity index (χ0n) is 12.2. The van der Waals surface area contributed by atoms with E-state index in [1.165, 1.54) is 11.8 Å². The van der Waals surface area contributed by atoms with E-state index in [0.29, 0.717) is 5.75 Å². The molecule has 0 unspecified atom stereocenters. The third-order valence-corrected chi connectivity index (χ3v) is 3.77. The molecule has 2 aromatic rings. The summed E-state index contributed by atoms with van der Waals surface area (Å²) < 4.78 is 5.12. The van der Waals surface area contributed by atoms with Crippen LogP contribution in [0.15, 0.2) is 41.4 Å². The average Bonchev–Trinajstić information content (AvgIpc) is 2.53. The molecular weight excluding hydrogens is 286 g/mol. The first-order valence-electron chi connectivity index (χ1n) is 6.41. The second-order valence-corrected chi connectivity index (χ2v) is 5.56. The lowest BCUT2D eigenvalue weighted by molar-refractivity contribution is -0.125. The highest BCUT2D eigenvalue weighted by molar-refractivity contribution is 7.99. The number of thioether (sulfide) groups is 1. The van der Waals surface area contributed by atoms with Crippen LogP contribution in [0.25, 0.3) is 11.3 Å². The Morgan fingerprint density at radius 3 is 2.38 bits per heavy atom. The maximum atomic E-state index is 11.5. The lowest BCUT2D eigenvalue weighted by Gasteiger charge is -2.09. The number of carbonyl (C=O) groups excluding carboxylic acids is 1. The number of ether oxygens (including phenoxy) is 1. The summed E-state index contributed by atoms with van der Waals surface area (Å²) in [6, 6.07) is 11.4. The van der Waals surface area contributed by atoms with Crippen LogP contribution in [0.2, 0.25) is 0 Å². The smallest absolute Gasteiger partial charge is 0.232 e. The van der Waals surface area contributed by atoms with Crippen LogP contribution < -0.4 is 4.74 Å². The molecule has 0 aliphatic rings. The topological polar surface area (TPSA) is 55.3 Å². The van der Waals surface area contributed by atoms with E-state index in [1.54, 1.807) is 26.1 Å². The highest BCUT2D eigenvalue weighted by Gasteiger charge is 2.07. The molecule has 0 saturated carbocycles. The maximum Gasteiger partial charge on any atom is 0.232 e. The van der Waals surface area contributed by atoms with Crippen LogP contribution in [0.3, 0.4) is 0 Å². The Bertz CT molecular complexity index is 597. The van der Waals surface area contributed by atoms with Crippen LogP contribution in [0.4, 0.5) is 0 Å². The van der Waals surface area contributed by atoms with Crippen molar-refractivity contribution in [3.8, 4) is 17.0 Å². The first-order valence-corrected chi connectivity index (χ1v) is 7.40. The van der Waals surface area contributed by atoms with Crippen LogP contribution in [0.5, 0.6) is 5.75 Å². The van der Waals surface area contributed by atoms with Gasteiger partial charge in [0.1, 0.15) is 10.8 Å². The molecule has 1 amide bonds. The predicted octanol–water partition coefficient (Wildman–Crippen LogP) is 2.33. The quantitative estimate of drug-likeness (QED) is 0.794. The van der Waals surface area contributed by atoms with E-state index in [9.17, 15) is 4.79 Å². The van der Waals surface area contributed by atoms with Gasteiger partial charge in [-0.15, -0.1) is 10.2 Å². The average molecular weight is 303 g/mol. The third-order valence-electron chi connectivity index (χ3n) is 2.87. The van der Waals surface area contributed by atoms with Crippen molar-refractivity contribution >= 4 is 17.7 Å². The van der Waals surface area contributed by atoms with Gasteiger partial charge in [-0.1, -0.05) is 11.8 Å². The molecule has 0 N–H and O–H groups in total. The molecule has 110 valence electrons. The minimum atomic E-state index is 0.0565. The highest BCUT2D eigenvalue weighted by atomic mass is 32.2. The van der Waals surface area contributed by atoms with E-state index >= 15 is 0 Å². The monoisotopic (exact) mass is 303 g/mol. The predicted molar refractivity (Wildman–Crippen MR) is 83.4 cm³/mol. The molecule has 0 aliphatic heterocycles. The van der Waals surface area contributed by atoms with Gasteiger partial charge in [0, 0.05) is 19.7 Å². The molecular formula is C15H17N3O2S. The molecule has 0 fully saturated rings. The zero-order chi connectivity index (χ0) is 15.2. The number of hydrogen-bond acceptors (Lipinski definition) is 5. The van der Waals surface area contributed by atoms with Gasteiger partial charge in [-0.05, 0) is 36.4 Å². The van der Waals surface area contributed by atoms with Crippen molar-refractivity contribution in [3.05, 3.63) is 36.4 Å². The first kappa shape index (κ1) is 15.3. The van der Waals surface area contributed by atoms with Gasteiger partial charge in [0.05, 0.1) is 18.6 Å². The van der Waals surface area contributed by atoms with Gasteiger partial charge in [0.25, 0.3) is 0 Å². The van der Waals surface area contributed by atoms with Crippen molar-refractivity contribution in [1.29, 1.82) is 0 Å². The summed E-state index contributed by atoms with van der Waals surface area (Å²) in [5, 5.41) is 9.07. The van der Waals surface area contributed by atoms with E-state index in [-0.39, 0.29) is 5.91 Å². The second-order valence-electron chi connectivity index (χ2n) is 4.56. The normalized spacial score (nSPS) is 10.2. The minimum absolute atomic E-state index is 0.0565. The Hall–Kier alpha value is -2.08. The van der Waals surface area contributed by atoms with Crippen molar-refractivity contribution in [2.24, 2.45) is 0 Å². The van der Waals surface area contributed by atoms with Crippen molar-refractivity contribution < 1.29 is 9.53 Å². The van der Waals surface area contributed by atoms with Crippen molar-refractivity contribution in [2.45, 2.75) is 5.03 Å². The molecule has 0 aliphatic carbocycles. The molecule has 1 heterocycles. The standard InChI is InChI=1S/C15H17N3O2S/c1-18(2)15(19)10-21-14-9-8-13(16-17-14)11-4-6-12(20-3)7-5-11/h4-9H,10H2,1-3H3. The van der Waals surface area contributed by atoms with Gasteiger partial charge in [-0.3, -0.25) is 4.79 Å². The molecule has 5 nitrogen and oxygen atoms in total. The van der Waals surface area contributed by atoms with E-state index in [4.69, 9.17) is 4.74 Å². The number of rotatable bonds is 5. The first-order chi connectivity index (χ1) is 10.1. The zero-order valence-corrected chi connectivity index (χ0v) is 13.1. The van der Waals surface area contributed by atoms with E-state index in [2.05, 4.69) is 10.2 Å². The number of methoxy groups -OCH3 is 1. The lowest BCUT2D eigenvalue weighted by atomic mass is 10.1. The van der Waals surface area contributed by atoms with Crippen molar-refractivity contribution in [1.82, 2.24) is 15.1 Å². The third kappa shape index (κ3) is 4.19. The summed E-state index contributed by atoms with van der Waals surface area (Å²) in [6.45, 7) is 0. The summed E-state index contributed by atoms with van der Waals surface area (Å²) in [5.41, 5.74) is 1.77. The molecule has 1 aromatic carbocycles. The lowest BCUT2D eigenvalue weighted by Crippen LogP contribution is -2.23. The van der Waals surface area contributed by atoms with Gasteiger partial charge in [0.2, 0.25) is 5.91 Å². The summed E-state index contributed by atoms with van der Waals surface area (Å²) in [7, 11) is 5.11. The highest BCUT2D eigenvalue weighted by Crippen LogP contribution is 2.22. The molecule has 0 radical (unpaired) electrons. The summed E-state index contributed by atoms with van der Waals surface area (Å²) in [5.74, 6) is 1.23. The SMILES string of the molecule is COc1ccc(-c2ccc(SCC(=O)N(C)C)nn2)cc1. The van der Waals surface area contributed by atoms with Crippen LogP contribution in [0.1, 0.15) is 0 Å². The Morgan fingerprint density at radius 2 is 1.86 bits per heavy atom. The summed E-state index contributed by atoms with van der Waals surface area (Å²) in [6.07, 6.45) is 0. The fourth-order valence-electron chi connectivity index (χ4n) is 1.58. The fraction of sp³-hybridized carbons (Fsp3) is 0.267. The van der Waals surface area contributed by atoms with E-state index < -0.39 is 0 Å². The Labute approximate surface area is 128 Å². The molecule has 21 heavy (non-hydrogen) atoms. The molecule has 0 saturated heterocycles. The van der Waals surface area contributed by atoms with Crippen LogP contribution >= 0.6 is 11.8 Å².